The molecule has 12 nitrogen and oxygen atoms in total. The molecule has 92 valence electrons. The van der Waals surface area contributed by atoms with Crippen LogP contribution in [0.25, 0.3) is 22.1 Å². The molecule has 0 fully saturated rings. The lowest BCUT2D eigenvalue weighted by molar-refractivity contribution is -0.781. The quantitative estimate of drug-likeness (QED) is 0.239. The van der Waals surface area contributed by atoms with E-state index in [1.54, 1.807) is 0 Å². The summed E-state index contributed by atoms with van der Waals surface area (Å²) in [4.78, 5) is 21.3. The van der Waals surface area contributed by atoms with Gasteiger partial charge in [0, 0.05) is 0 Å². The fourth-order valence-corrected chi connectivity index (χ4v) is 1.70. The lowest BCUT2D eigenvalue weighted by Gasteiger charge is -1.92. The van der Waals surface area contributed by atoms with E-state index >= 15 is 0 Å². The molecule has 18 heavy (non-hydrogen) atoms. The van der Waals surface area contributed by atoms with E-state index in [-0.39, 0.29) is 31.6 Å². The van der Waals surface area contributed by atoms with Gasteiger partial charge in [0.1, 0.15) is 0 Å². The molecule has 0 aliphatic rings. The normalized spacial score (nSPS) is 11.3. The highest BCUT2D eigenvalue weighted by atomic mass is 16.8. The summed E-state index contributed by atoms with van der Waals surface area (Å²) in [6.45, 7) is 0. The molecule has 3 aromatic rings. The summed E-state index contributed by atoms with van der Waals surface area (Å²) in [5.41, 5.74) is 3.10. The Morgan fingerprint density at radius 2 is 2.17 bits per heavy atom. The number of nitrogens with two attached hydrogens (primary N) is 1. The Hall–Kier alpha value is -3.18. The molecule has 0 bridgehead atoms. The SMILES string of the molecule is Nc1c([N+](=O)[O-])c2no[n+]([O-])c2c2[nH]o[n+](=O)c12. The number of nitrogens with one attached hydrogen (secondary N) is 1. The average Bonchev–Trinajstić information content (AvgIpc) is 2.83. The van der Waals surface area contributed by atoms with E-state index < -0.39 is 16.3 Å². The Kier molecular flexibility index (Phi) is 1.63. The van der Waals surface area contributed by atoms with Gasteiger partial charge in [0.15, 0.2) is 10.3 Å². The summed E-state index contributed by atoms with van der Waals surface area (Å²) >= 11 is 0. The lowest BCUT2D eigenvalue weighted by Crippen LogP contribution is -2.23. The predicted octanol–water partition coefficient (Wildman–Crippen LogP) is -1.06. The van der Waals surface area contributed by atoms with Crippen molar-refractivity contribution in [2.45, 2.75) is 0 Å². The van der Waals surface area contributed by atoms with Gasteiger partial charge in [-0.05, 0) is 9.81 Å². The maximum atomic E-state index is 11.3. The number of nitrogen functional groups attached to an aromatic ring is 1. The van der Waals surface area contributed by atoms with Crippen molar-refractivity contribution in [1.29, 1.82) is 0 Å². The lowest BCUT2D eigenvalue weighted by atomic mass is 10.2. The number of anilines is 1. The summed E-state index contributed by atoms with van der Waals surface area (Å²) in [5.74, 6) is 0. The van der Waals surface area contributed by atoms with Crippen molar-refractivity contribution >= 4 is 33.4 Å². The maximum absolute atomic E-state index is 11.3. The van der Waals surface area contributed by atoms with Gasteiger partial charge in [0.05, 0.1) is 10.1 Å². The standard InChI is InChI=1S/C6H3N6O6/c7-1-4(10(13)14)2-6(12(16)18-8-2)3-5(1)11(15)17-9-3/h9H,7H2/q+1. The van der Waals surface area contributed by atoms with Crippen LogP contribution in [0.2, 0.25) is 0 Å². The van der Waals surface area contributed by atoms with Gasteiger partial charge < -0.3 is 10.9 Å². The Bertz CT molecular complexity index is 857. The molecule has 0 radical (unpaired) electrons. The van der Waals surface area contributed by atoms with Crippen molar-refractivity contribution in [3.8, 4) is 0 Å². The monoisotopic (exact) mass is 255 g/mol. The molecule has 0 saturated carbocycles. The minimum absolute atomic E-state index is 0.0793. The van der Waals surface area contributed by atoms with E-state index in [1.807, 2.05) is 0 Å². The van der Waals surface area contributed by atoms with Gasteiger partial charge in [-0.25, -0.2) is 0 Å². The number of nitro groups is 1. The molecule has 0 spiro atoms. The zero-order valence-corrected chi connectivity index (χ0v) is 8.32. The Balaban J connectivity index is 2.75. The number of aromatic nitrogens is 4. The van der Waals surface area contributed by atoms with Crippen molar-refractivity contribution in [1.82, 2.24) is 10.3 Å². The number of H-pyrrole nitrogens is 1. The van der Waals surface area contributed by atoms with Crippen LogP contribution in [-0.4, -0.2) is 15.2 Å². The van der Waals surface area contributed by atoms with Crippen molar-refractivity contribution in [2.75, 3.05) is 5.73 Å². The molecule has 3 N–H and O–H groups in total. The second kappa shape index (κ2) is 2.93. The summed E-state index contributed by atoms with van der Waals surface area (Å²) < 4.78 is 8.55. The molecular weight excluding hydrogens is 252 g/mol. The fourth-order valence-electron chi connectivity index (χ4n) is 1.70. The largest absolute Gasteiger partial charge is 0.389 e. The topological polar surface area (TPSA) is 174 Å². The molecule has 1 aromatic carbocycles. The van der Waals surface area contributed by atoms with Crippen LogP contribution in [0.3, 0.4) is 0 Å². The molecule has 2 aromatic heterocycles. The highest BCUT2D eigenvalue weighted by molar-refractivity contribution is 6.08. The smallest absolute Gasteiger partial charge is 0.354 e. The molecule has 0 aliphatic carbocycles. The second-order valence-electron chi connectivity index (χ2n) is 3.32. The predicted molar refractivity (Wildman–Crippen MR) is 51.5 cm³/mol. The van der Waals surface area contributed by atoms with Crippen LogP contribution in [0.15, 0.2) is 9.26 Å². The van der Waals surface area contributed by atoms with E-state index in [2.05, 4.69) is 19.6 Å². The number of hydrogen-bond donors (Lipinski definition) is 2. The van der Waals surface area contributed by atoms with Gasteiger partial charge in [0.2, 0.25) is 0 Å². The summed E-state index contributed by atoms with van der Waals surface area (Å²) in [7, 11) is 0. The highest BCUT2D eigenvalue weighted by Gasteiger charge is 2.37. The molecule has 3 rings (SSSR count). The van der Waals surface area contributed by atoms with Crippen LogP contribution in [0.5, 0.6) is 0 Å². The summed E-state index contributed by atoms with van der Waals surface area (Å²) in [6, 6.07) is 0. The number of fused-ring (bicyclic) bond motifs is 3. The first kappa shape index (κ1) is 10.0. The van der Waals surface area contributed by atoms with Gasteiger partial charge in [-0.1, -0.05) is 9.79 Å². The van der Waals surface area contributed by atoms with Crippen molar-refractivity contribution in [2.24, 2.45) is 0 Å². The summed E-state index contributed by atoms with van der Waals surface area (Å²) in [6.07, 6.45) is 0. The van der Waals surface area contributed by atoms with Crippen LogP contribution >= 0.6 is 0 Å². The zero-order valence-electron chi connectivity index (χ0n) is 8.32. The van der Waals surface area contributed by atoms with Crippen molar-refractivity contribution in [3.05, 3.63) is 20.2 Å². The summed E-state index contributed by atoms with van der Waals surface area (Å²) in [5, 5.41) is 27.6. The van der Waals surface area contributed by atoms with Gasteiger partial charge >= 0.3 is 16.7 Å². The van der Waals surface area contributed by atoms with Crippen LogP contribution < -0.4 is 15.2 Å². The van der Waals surface area contributed by atoms with Gasteiger partial charge in [-0.15, -0.1) is 0 Å². The second-order valence-corrected chi connectivity index (χ2v) is 3.32. The Labute approximate surface area is 94.4 Å². The minimum atomic E-state index is -0.868. The van der Waals surface area contributed by atoms with E-state index in [0.717, 1.165) is 0 Å². The van der Waals surface area contributed by atoms with Crippen molar-refractivity contribution in [3.63, 3.8) is 0 Å². The number of aromatic amines is 1. The molecule has 0 saturated heterocycles. The van der Waals surface area contributed by atoms with Crippen LogP contribution in [0, 0.1) is 20.2 Å². The van der Waals surface area contributed by atoms with Gasteiger partial charge in [-0.3, -0.25) is 14.7 Å². The first-order valence-electron chi connectivity index (χ1n) is 4.42. The van der Waals surface area contributed by atoms with E-state index in [0.29, 0.717) is 0 Å². The third kappa shape index (κ3) is 0.977. The number of nitrogens with zero attached hydrogens (tertiary/aromatic N) is 4. The maximum Gasteiger partial charge on any atom is 0.354 e. The molecule has 0 amide bonds. The van der Waals surface area contributed by atoms with Crippen molar-refractivity contribution < 1.29 is 23.7 Å². The molecular formula is C6H3N6O6+. The molecule has 0 atom stereocenters. The number of hydrogen-bond acceptors (Lipinski definition) is 8. The Morgan fingerprint density at radius 3 is 2.83 bits per heavy atom. The van der Waals surface area contributed by atoms with Crippen LogP contribution in [-0.2, 0) is 0 Å². The van der Waals surface area contributed by atoms with E-state index in [4.69, 9.17) is 5.73 Å². The van der Waals surface area contributed by atoms with E-state index in [9.17, 15) is 20.2 Å². The van der Waals surface area contributed by atoms with Crippen LogP contribution in [0.4, 0.5) is 11.4 Å². The molecule has 0 unspecified atom stereocenters. The Morgan fingerprint density at radius 1 is 1.44 bits per heavy atom. The van der Waals surface area contributed by atoms with E-state index in [1.165, 1.54) is 0 Å². The average molecular weight is 255 g/mol. The molecule has 2 heterocycles. The number of nitro benzene ring substituents is 1. The van der Waals surface area contributed by atoms with Crippen LogP contribution in [0.1, 0.15) is 0 Å². The third-order valence-corrected chi connectivity index (χ3v) is 2.42. The third-order valence-electron chi connectivity index (χ3n) is 2.42. The number of rotatable bonds is 1. The molecule has 0 aliphatic heterocycles. The minimum Gasteiger partial charge on any atom is -0.389 e. The highest BCUT2D eigenvalue weighted by Crippen LogP contribution is 2.34. The van der Waals surface area contributed by atoms with Gasteiger partial charge in [0.25, 0.3) is 11.0 Å². The number of benzene rings is 1. The fraction of sp³-hybridized carbons (Fsp3) is 0. The first-order chi connectivity index (χ1) is 8.52. The van der Waals surface area contributed by atoms with Gasteiger partial charge in [-0.2, -0.15) is 0 Å². The first-order valence-corrected chi connectivity index (χ1v) is 4.42. The zero-order chi connectivity index (χ0) is 13.0. The molecule has 12 heteroatoms.